The Balaban J connectivity index is 2.05. The molecule has 1 aromatic heterocycles. The Morgan fingerprint density at radius 2 is 2.09 bits per heavy atom. The van der Waals surface area contributed by atoms with E-state index in [4.69, 9.17) is 0 Å². The average Bonchev–Trinajstić information content (AvgIpc) is 2.49. The van der Waals surface area contributed by atoms with Crippen LogP contribution in [0, 0.1) is 10.1 Å². The zero-order valence-electron chi connectivity index (χ0n) is 11.7. The lowest BCUT2D eigenvalue weighted by molar-refractivity contribution is -0.384. The van der Waals surface area contributed by atoms with Crippen LogP contribution in [0.1, 0.15) is 0 Å². The summed E-state index contributed by atoms with van der Waals surface area (Å²) in [5.74, 6) is 0.111. The maximum Gasteiger partial charge on any atom is 0.292 e. The van der Waals surface area contributed by atoms with Gasteiger partial charge in [0.15, 0.2) is 0 Å². The Labute approximate surface area is 135 Å². The predicted octanol–water partition coefficient (Wildman–Crippen LogP) is 2.83. The lowest BCUT2D eigenvalue weighted by Gasteiger charge is -2.18. The minimum Gasteiger partial charge on any atom is -0.360 e. The Hall–Kier alpha value is -2.48. The van der Waals surface area contributed by atoms with Crippen LogP contribution >= 0.6 is 15.9 Å². The standard InChI is InChI=1S/C14H13BrN4O3/c1-18(11-4-2-3-5-12(11)19(21)22)9-14(20)17-13-7-6-10(15)8-16-13/h2-8H,9H2,1H3,(H,16,17,20). The van der Waals surface area contributed by atoms with Crippen LogP contribution in [-0.2, 0) is 4.79 Å². The molecule has 114 valence electrons. The third kappa shape index (κ3) is 4.01. The van der Waals surface area contributed by atoms with Crippen LogP contribution < -0.4 is 10.2 Å². The molecule has 0 bridgehead atoms. The second-order valence-electron chi connectivity index (χ2n) is 4.51. The van der Waals surface area contributed by atoms with Gasteiger partial charge >= 0.3 is 0 Å². The van der Waals surface area contributed by atoms with Crippen molar-refractivity contribution >= 4 is 39.0 Å². The molecule has 8 heteroatoms. The topological polar surface area (TPSA) is 88.4 Å². The third-order valence-electron chi connectivity index (χ3n) is 2.87. The molecule has 0 aliphatic heterocycles. The summed E-state index contributed by atoms with van der Waals surface area (Å²) in [5.41, 5.74) is 0.339. The molecule has 1 N–H and O–H groups in total. The lowest BCUT2D eigenvalue weighted by Crippen LogP contribution is -2.30. The molecular weight excluding hydrogens is 352 g/mol. The van der Waals surface area contributed by atoms with Crippen LogP contribution in [0.5, 0.6) is 0 Å². The second-order valence-corrected chi connectivity index (χ2v) is 5.43. The fourth-order valence-corrected chi connectivity index (χ4v) is 2.11. The van der Waals surface area contributed by atoms with E-state index in [2.05, 4.69) is 26.2 Å². The van der Waals surface area contributed by atoms with E-state index in [1.807, 2.05) is 0 Å². The molecule has 0 fully saturated rings. The first-order valence-electron chi connectivity index (χ1n) is 6.33. The van der Waals surface area contributed by atoms with E-state index in [1.165, 1.54) is 11.0 Å². The quantitative estimate of drug-likeness (QED) is 0.650. The molecule has 2 aromatic rings. The van der Waals surface area contributed by atoms with Gasteiger partial charge in [0.25, 0.3) is 5.69 Å². The summed E-state index contributed by atoms with van der Waals surface area (Å²) < 4.78 is 0.808. The molecule has 1 aromatic carbocycles. The van der Waals surface area contributed by atoms with E-state index < -0.39 is 4.92 Å². The van der Waals surface area contributed by atoms with Crippen LogP contribution in [-0.4, -0.2) is 29.4 Å². The van der Waals surface area contributed by atoms with Gasteiger partial charge in [0, 0.05) is 23.8 Å². The molecule has 2 rings (SSSR count). The molecule has 0 spiro atoms. The van der Waals surface area contributed by atoms with Crippen LogP contribution in [0.2, 0.25) is 0 Å². The number of benzene rings is 1. The Morgan fingerprint density at radius 3 is 2.73 bits per heavy atom. The number of para-hydroxylation sites is 2. The van der Waals surface area contributed by atoms with Gasteiger partial charge in [-0.1, -0.05) is 12.1 Å². The van der Waals surface area contributed by atoms with Gasteiger partial charge in [-0.3, -0.25) is 14.9 Å². The van der Waals surface area contributed by atoms with Gasteiger partial charge in [-0.15, -0.1) is 0 Å². The fourth-order valence-electron chi connectivity index (χ4n) is 1.87. The number of anilines is 2. The number of carbonyl (C=O) groups is 1. The number of nitro groups is 1. The molecule has 1 amide bonds. The summed E-state index contributed by atoms with van der Waals surface area (Å²) in [7, 11) is 1.62. The normalized spacial score (nSPS) is 10.1. The molecule has 0 aliphatic rings. The first-order valence-corrected chi connectivity index (χ1v) is 7.12. The minimum absolute atomic E-state index is 0.0252. The van der Waals surface area contributed by atoms with Crippen LogP contribution in [0.15, 0.2) is 47.1 Å². The number of rotatable bonds is 5. The second kappa shape index (κ2) is 6.99. The smallest absolute Gasteiger partial charge is 0.292 e. The Morgan fingerprint density at radius 1 is 1.36 bits per heavy atom. The molecule has 0 unspecified atom stereocenters. The highest BCUT2D eigenvalue weighted by atomic mass is 79.9. The number of nitrogens with zero attached hydrogens (tertiary/aromatic N) is 3. The molecule has 7 nitrogen and oxygen atoms in total. The third-order valence-corrected chi connectivity index (χ3v) is 3.33. The van der Waals surface area contributed by atoms with Crippen molar-refractivity contribution in [3.8, 4) is 0 Å². The number of hydrogen-bond acceptors (Lipinski definition) is 5. The summed E-state index contributed by atoms with van der Waals surface area (Å²) in [5, 5.41) is 13.6. The maximum absolute atomic E-state index is 12.0. The summed E-state index contributed by atoms with van der Waals surface area (Å²) >= 11 is 3.26. The Bertz CT molecular complexity index is 691. The first-order chi connectivity index (χ1) is 10.5. The first kappa shape index (κ1) is 15.9. The van der Waals surface area contributed by atoms with Crippen molar-refractivity contribution in [2.45, 2.75) is 0 Å². The lowest BCUT2D eigenvalue weighted by atomic mass is 10.2. The van der Waals surface area contributed by atoms with Crippen LogP contribution in [0.25, 0.3) is 0 Å². The minimum atomic E-state index is -0.472. The monoisotopic (exact) mass is 364 g/mol. The molecule has 0 radical (unpaired) electrons. The number of hydrogen-bond donors (Lipinski definition) is 1. The summed E-state index contributed by atoms with van der Waals surface area (Å²) in [6.45, 7) is -0.0252. The van der Waals surface area contributed by atoms with Gasteiger partial charge in [-0.2, -0.15) is 0 Å². The van der Waals surface area contributed by atoms with Crippen LogP contribution in [0.3, 0.4) is 0 Å². The Kier molecular flexibility index (Phi) is 5.05. The maximum atomic E-state index is 12.0. The van der Waals surface area contributed by atoms with Gasteiger partial charge in [0.05, 0.1) is 11.5 Å². The highest BCUT2D eigenvalue weighted by molar-refractivity contribution is 9.10. The van der Waals surface area contributed by atoms with E-state index in [0.29, 0.717) is 11.5 Å². The molecule has 0 saturated heterocycles. The number of carbonyl (C=O) groups excluding carboxylic acids is 1. The SMILES string of the molecule is CN(CC(=O)Nc1ccc(Br)cn1)c1ccccc1[N+](=O)[O-]. The van der Waals surface area contributed by atoms with Gasteiger partial charge in [-0.05, 0) is 34.1 Å². The van der Waals surface area contributed by atoms with Crippen molar-refractivity contribution in [2.24, 2.45) is 0 Å². The number of aromatic nitrogens is 1. The highest BCUT2D eigenvalue weighted by Crippen LogP contribution is 2.26. The van der Waals surface area contributed by atoms with Crippen molar-refractivity contribution in [3.05, 3.63) is 57.2 Å². The van der Waals surface area contributed by atoms with E-state index in [0.717, 1.165) is 4.47 Å². The summed E-state index contributed by atoms with van der Waals surface area (Å²) in [6, 6.07) is 9.69. The van der Waals surface area contributed by atoms with Gasteiger partial charge < -0.3 is 10.2 Å². The molecule has 0 atom stereocenters. The molecule has 0 aliphatic carbocycles. The summed E-state index contributed by atoms with van der Waals surface area (Å²) in [4.78, 5) is 28.1. The molecular formula is C14H13BrN4O3. The van der Waals surface area contributed by atoms with Gasteiger partial charge in [-0.25, -0.2) is 4.98 Å². The van der Waals surface area contributed by atoms with E-state index >= 15 is 0 Å². The number of nitro benzene ring substituents is 1. The average molecular weight is 365 g/mol. The number of amides is 1. The summed E-state index contributed by atoms with van der Waals surface area (Å²) in [6.07, 6.45) is 1.57. The van der Waals surface area contributed by atoms with Crippen LogP contribution in [0.4, 0.5) is 17.2 Å². The molecule has 22 heavy (non-hydrogen) atoms. The fraction of sp³-hybridized carbons (Fsp3) is 0.143. The predicted molar refractivity (Wildman–Crippen MR) is 86.9 cm³/mol. The van der Waals surface area contributed by atoms with Crippen molar-refractivity contribution in [1.82, 2.24) is 4.98 Å². The largest absolute Gasteiger partial charge is 0.360 e. The van der Waals surface area contributed by atoms with Crippen molar-refractivity contribution in [1.29, 1.82) is 0 Å². The molecule has 1 heterocycles. The highest BCUT2D eigenvalue weighted by Gasteiger charge is 2.18. The zero-order chi connectivity index (χ0) is 16.1. The molecule has 0 saturated carbocycles. The van der Waals surface area contributed by atoms with E-state index in [1.54, 1.807) is 43.6 Å². The van der Waals surface area contributed by atoms with Crippen molar-refractivity contribution in [3.63, 3.8) is 0 Å². The van der Waals surface area contributed by atoms with E-state index in [-0.39, 0.29) is 18.1 Å². The van der Waals surface area contributed by atoms with Crippen molar-refractivity contribution < 1.29 is 9.72 Å². The van der Waals surface area contributed by atoms with Crippen molar-refractivity contribution in [2.75, 3.05) is 23.8 Å². The van der Waals surface area contributed by atoms with Gasteiger partial charge in [0.1, 0.15) is 11.5 Å². The number of pyridine rings is 1. The number of nitrogens with one attached hydrogen (secondary N) is 1. The number of halogens is 1. The zero-order valence-corrected chi connectivity index (χ0v) is 13.3. The van der Waals surface area contributed by atoms with Gasteiger partial charge in [0.2, 0.25) is 5.91 Å². The number of likely N-dealkylation sites (N-methyl/N-ethyl adjacent to an activating group) is 1. The van der Waals surface area contributed by atoms with E-state index in [9.17, 15) is 14.9 Å².